The number of rotatable bonds is 4. The molecule has 0 radical (unpaired) electrons. The fourth-order valence-corrected chi connectivity index (χ4v) is 2.05. The van der Waals surface area contributed by atoms with E-state index in [-0.39, 0.29) is 16.3 Å². The van der Waals surface area contributed by atoms with Crippen LogP contribution in [0.15, 0.2) is 34.9 Å². The number of carbonyl (C=O) groups excluding carboxylic acids is 1. The molecule has 104 valence electrons. The van der Waals surface area contributed by atoms with E-state index in [0.29, 0.717) is 17.7 Å². The van der Waals surface area contributed by atoms with Crippen LogP contribution in [0.1, 0.15) is 33.4 Å². The summed E-state index contributed by atoms with van der Waals surface area (Å²) in [6.45, 7) is 1.85. The van der Waals surface area contributed by atoms with Crippen molar-refractivity contribution in [2.24, 2.45) is 0 Å². The lowest BCUT2D eigenvalue weighted by atomic mass is 10.1. The highest BCUT2D eigenvalue weighted by molar-refractivity contribution is 6.34. The summed E-state index contributed by atoms with van der Waals surface area (Å²) in [7, 11) is 0. The monoisotopic (exact) mass is 293 g/mol. The third-order valence-corrected chi connectivity index (χ3v) is 3.11. The Bertz CT molecular complexity index is 663. The molecule has 2 aromatic rings. The summed E-state index contributed by atoms with van der Waals surface area (Å²) >= 11 is 5.95. The van der Waals surface area contributed by atoms with Gasteiger partial charge in [-0.25, -0.2) is 4.79 Å². The molecule has 0 spiro atoms. The quantitative estimate of drug-likeness (QED) is 0.905. The zero-order chi connectivity index (χ0) is 14.7. The smallest absolute Gasteiger partial charge is 0.337 e. The highest BCUT2D eigenvalue weighted by Gasteiger charge is 2.19. The van der Waals surface area contributed by atoms with E-state index >= 15 is 0 Å². The van der Waals surface area contributed by atoms with Crippen LogP contribution in [0.2, 0.25) is 5.02 Å². The van der Waals surface area contributed by atoms with Gasteiger partial charge in [0.15, 0.2) is 0 Å². The number of aryl methyl sites for hydroxylation is 1. The van der Waals surface area contributed by atoms with Gasteiger partial charge in [0.05, 0.1) is 28.1 Å². The van der Waals surface area contributed by atoms with Crippen LogP contribution in [0, 0.1) is 0 Å². The maximum atomic E-state index is 12.2. The molecule has 1 heterocycles. The van der Waals surface area contributed by atoms with E-state index in [1.54, 1.807) is 0 Å². The minimum atomic E-state index is -1.16. The van der Waals surface area contributed by atoms with Crippen molar-refractivity contribution in [3.05, 3.63) is 52.4 Å². The van der Waals surface area contributed by atoms with Crippen molar-refractivity contribution >= 4 is 29.2 Å². The molecule has 5 nitrogen and oxygen atoms in total. The molecular weight excluding hydrogens is 282 g/mol. The first-order valence-corrected chi connectivity index (χ1v) is 6.32. The third kappa shape index (κ3) is 2.67. The average Bonchev–Trinajstić information content (AvgIpc) is 2.89. The molecule has 0 bridgehead atoms. The van der Waals surface area contributed by atoms with Crippen molar-refractivity contribution in [3.63, 3.8) is 0 Å². The van der Waals surface area contributed by atoms with E-state index in [0.717, 1.165) is 0 Å². The maximum absolute atomic E-state index is 12.2. The molecule has 0 saturated carbocycles. The normalized spacial score (nSPS) is 10.3. The lowest BCUT2D eigenvalue weighted by Gasteiger charge is -2.10. The van der Waals surface area contributed by atoms with E-state index in [9.17, 15) is 9.59 Å². The van der Waals surface area contributed by atoms with E-state index in [2.05, 4.69) is 5.32 Å². The lowest BCUT2D eigenvalue weighted by molar-refractivity contribution is 0.0698. The van der Waals surface area contributed by atoms with Crippen LogP contribution in [0.4, 0.5) is 5.69 Å². The molecule has 0 unspecified atom stereocenters. The number of carbonyl (C=O) groups is 2. The lowest BCUT2D eigenvalue weighted by Crippen LogP contribution is -2.16. The number of amides is 1. The summed E-state index contributed by atoms with van der Waals surface area (Å²) in [5, 5.41) is 11.8. The second-order valence-corrected chi connectivity index (χ2v) is 4.44. The number of aromatic carboxylic acids is 1. The number of furan rings is 1. The molecular formula is C14H12ClNO4. The van der Waals surface area contributed by atoms with Gasteiger partial charge >= 0.3 is 5.97 Å². The van der Waals surface area contributed by atoms with Crippen molar-refractivity contribution in [3.8, 4) is 0 Å². The van der Waals surface area contributed by atoms with Crippen LogP contribution in [-0.4, -0.2) is 17.0 Å². The molecule has 6 heteroatoms. The summed E-state index contributed by atoms with van der Waals surface area (Å²) in [4.78, 5) is 23.3. The molecule has 0 saturated heterocycles. The Kier molecular flexibility index (Phi) is 4.10. The third-order valence-electron chi connectivity index (χ3n) is 2.79. The summed E-state index contributed by atoms with van der Waals surface area (Å²) in [5.41, 5.74) is 0.381. The number of halogens is 1. The summed E-state index contributed by atoms with van der Waals surface area (Å²) < 4.78 is 5.17. The standard InChI is InChI=1S/C14H12ClNO4/c1-2-11-8(6-7-20-11)13(17)16-12-9(14(18)19)4-3-5-10(12)15/h3-7H,2H2,1H3,(H,16,17)(H,18,19). The van der Waals surface area contributed by atoms with Crippen LogP contribution in [0.3, 0.4) is 0 Å². The van der Waals surface area contributed by atoms with Crippen molar-refractivity contribution in [2.75, 3.05) is 5.32 Å². The zero-order valence-electron chi connectivity index (χ0n) is 10.6. The van der Waals surface area contributed by atoms with E-state index in [1.807, 2.05) is 6.92 Å². The van der Waals surface area contributed by atoms with Crippen LogP contribution in [0.5, 0.6) is 0 Å². The van der Waals surface area contributed by atoms with Gasteiger partial charge in [-0.15, -0.1) is 0 Å². The van der Waals surface area contributed by atoms with E-state index in [1.165, 1.54) is 30.5 Å². The Morgan fingerprint density at radius 3 is 2.70 bits per heavy atom. The van der Waals surface area contributed by atoms with E-state index in [4.69, 9.17) is 21.1 Å². The Labute approximate surface area is 120 Å². The van der Waals surface area contributed by atoms with Crippen LogP contribution in [0.25, 0.3) is 0 Å². The zero-order valence-corrected chi connectivity index (χ0v) is 11.4. The molecule has 2 N–H and O–H groups in total. The molecule has 0 aliphatic heterocycles. The number of carboxylic acid groups (broad SMARTS) is 1. The SMILES string of the molecule is CCc1occc1C(=O)Nc1c(Cl)cccc1C(=O)O. The van der Waals surface area contributed by atoms with Gasteiger partial charge in [-0.05, 0) is 18.2 Å². The van der Waals surface area contributed by atoms with Gasteiger partial charge < -0.3 is 14.8 Å². The van der Waals surface area contributed by atoms with Crippen molar-refractivity contribution in [1.29, 1.82) is 0 Å². The Hall–Kier alpha value is -2.27. The van der Waals surface area contributed by atoms with Crippen LogP contribution >= 0.6 is 11.6 Å². The van der Waals surface area contributed by atoms with Crippen molar-refractivity contribution in [2.45, 2.75) is 13.3 Å². The first-order chi connectivity index (χ1) is 9.54. The Morgan fingerprint density at radius 1 is 1.30 bits per heavy atom. The molecule has 2 rings (SSSR count). The second-order valence-electron chi connectivity index (χ2n) is 4.03. The molecule has 1 amide bonds. The number of nitrogens with one attached hydrogen (secondary N) is 1. The van der Waals surface area contributed by atoms with E-state index < -0.39 is 11.9 Å². The van der Waals surface area contributed by atoms with Crippen LogP contribution < -0.4 is 5.32 Å². The van der Waals surface area contributed by atoms with Crippen molar-refractivity contribution < 1.29 is 19.1 Å². The molecule has 0 aliphatic rings. The molecule has 0 atom stereocenters. The van der Waals surface area contributed by atoms with Gasteiger partial charge in [-0.2, -0.15) is 0 Å². The maximum Gasteiger partial charge on any atom is 0.337 e. The summed E-state index contributed by atoms with van der Waals surface area (Å²) in [5.74, 6) is -1.08. The fourth-order valence-electron chi connectivity index (χ4n) is 1.83. The molecule has 20 heavy (non-hydrogen) atoms. The van der Waals surface area contributed by atoms with Gasteiger partial charge in [-0.1, -0.05) is 24.6 Å². The predicted octanol–water partition coefficient (Wildman–Crippen LogP) is 3.45. The Balaban J connectivity index is 2.35. The van der Waals surface area contributed by atoms with Crippen LogP contribution in [-0.2, 0) is 6.42 Å². The Morgan fingerprint density at radius 2 is 2.05 bits per heavy atom. The highest BCUT2D eigenvalue weighted by atomic mass is 35.5. The van der Waals surface area contributed by atoms with Gasteiger partial charge in [-0.3, -0.25) is 4.79 Å². The predicted molar refractivity (Wildman–Crippen MR) is 74.5 cm³/mol. The molecule has 1 aromatic heterocycles. The highest BCUT2D eigenvalue weighted by Crippen LogP contribution is 2.27. The van der Waals surface area contributed by atoms with Crippen molar-refractivity contribution in [1.82, 2.24) is 0 Å². The van der Waals surface area contributed by atoms with Gasteiger partial charge in [0.2, 0.25) is 0 Å². The minimum Gasteiger partial charge on any atom is -0.478 e. The number of para-hydroxylation sites is 1. The minimum absolute atomic E-state index is 0.0626. The number of benzene rings is 1. The summed E-state index contributed by atoms with van der Waals surface area (Å²) in [6, 6.07) is 5.93. The topological polar surface area (TPSA) is 79.5 Å². The first kappa shape index (κ1) is 14.1. The number of hydrogen-bond donors (Lipinski definition) is 2. The summed E-state index contributed by atoms with van der Waals surface area (Å²) in [6.07, 6.45) is 1.97. The number of carboxylic acids is 1. The van der Waals surface area contributed by atoms with Gasteiger partial charge in [0.1, 0.15) is 5.76 Å². The number of anilines is 1. The fraction of sp³-hybridized carbons (Fsp3) is 0.143. The molecule has 0 aliphatic carbocycles. The second kappa shape index (κ2) is 5.79. The molecule has 0 fully saturated rings. The van der Waals surface area contributed by atoms with Gasteiger partial charge in [0, 0.05) is 6.42 Å². The molecule has 1 aromatic carbocycles. The number of hydrogen-bond acceptors (Lipinski definition) is 3. The average molecular weight is 294 g/mol. The largest absolute Gasteiger partial charge is 0.478 e. The van der Waals surface area contributed by atoms with Gasteiger partial charge in [0.25, 0.3) is 5.91 Å². The first-order valence-electron chi connectivity index (χ1n) is 5.94.